The number of amides is 2. The summed E-state index contributed by atoms with van der Waals surface area (Å²) < 4.78 is 18.3. The second-order valence-electron chi connectivity index (χ2n) is 5.75. The fraction of sp³-hybridized carbons (Fsp3) is 0.412. The highest BCUT2D eigenvalue weighted by molar-refractivity contribution is 5.95. The van der Waals surface area contributed by atoms with Crippen LogP contribution in [0.15, 0.2) is 35.5 Å². The summed E-state index contributed by atoms with van der Waals surface area (Å²) in [6.07, 6.45) is 1.87. The van der Waals surface area contributed by atoms with Gasteiger partial charge in [0.15, 0.2) is 0 Å². The third kappa shape index (κ3) is 2.93. The Morgan fingerprint density at radius 3 is 2.57 bits per heavy atom. The number of benzene rings is 1. The van der Waals surface area contributed by atoms with Gasteiger partial charge in [-0.3, -0.25) is 4.90 Å². The minimum absolute atomic E-state index is 0.147. The quantitative estimate of drug-likeness (QED) is 0.869. The largest absolute Gasteiger partial charge is 0.463 e. The van der Waals surface area contributed by atoms with E-state index in [1.165, 1.54) is 12.1 Å². The second-order valence-corrected chi connectivity index (χ2v) is 5.75. The average Bonchev–Trinajstić information content (AvgIpc) is 3.32. The smallest absolute Gasteiger partial charge is 0.338 e. The monoisotopic (exact) mass is 318 g/mol. The Kier molecular flexibility index (Phi) is 4.07. The highest BCUT2D eigenvalue weighted by Crippen LogP contribution is 2.37. The summed E-state index contributed by atoms with van der Waals surface area (Å²) in [6, 6.07) is 5.05. The third-order valence-electron chi connectivity index (χ3n) is 4.14. The summed E-state index contributed by atoms with van der Waals surface area (Å²) in [5.41, 5.74) is 1.67. The lowest BCUT2D eigenvalue weighted by atomic mass is 9.95. The molecular formula is C17H19FN2O3. The molecule has 0 unspecified atom stereocenters. The van der Waals surface area contributed by atoms with Crippen molar-refractivity contribution in [2.45, 2.75) is 38.8 Å². The van der Waals surface area contributed by atoms with Gasteiger partial charge in [0.25, 0.3) is 0 Å². The molecule has 2 aliphatic rings. The average molecular weight is 318 g/mol. The van der Waals surface area contributed by atoms with Gasteiger partial charge in [-0.1, -0.05) is 12.1 Å². The maximum Gasteiger partial charge on any atom is 0.338 e. The first kappa shape index (κ1) is 15.5. The lowest BCUT2D eigenvalue weighted by Gasteiger charge is -2.35. The van der Waals surface area contributed by atoms with Crippen LogP contribution >= 0.6 is 0 Å². The van der Waals surface area contributed by atoms with E-state index in [4.69, 9.17) is 4.74 Å². The topological polar surface area (TPSA) is 58.6 Å². The molecule has 0 saturated heterocycles. The number of carbonyl (C=O) groups is 2. The molecule has 1 saturated carbocycles. The zero-order valence-corrected chi connectivity index (χ0v) is 13.1. The van der Waals surface area contributed by atoms with Gasteiger partial charge in [-0.05, 0) is 44.4 Å². The lowest BCUT2D eigenvalue weighted by Crippen LogP contribution is -2.48. The van der Waals surface area contributed by atoms with E-state index in [1.807, 2.05) is 0 Å². The molecule has 0 spiro atoms. The Labute approximate surface area is 134 Å². The Hall–Kier alpha value is -2.37. The van der Waals surface area contributed by atoms with Gasteiger partial charge in [-0.25, -0.2) is 14.0 Å². The molecule has 2 amide bonds. The number of rotatable bonds is 4. The zero-order chi connectivity index (χ0) is 16.6. The van der Waals surface area contributed by atoms with Crippen molar-refractivity contribution in [3.8, 4) is 0 Å². The van der Waals surface area contributed by atoms with Crippen molar-refractivity contribution in [2.75, 3.05) is 6.61 Å². The van der Waals surface area contributed by atoms with Crippen molar-refractivity contribution in [3.63, 3.8) is 0 Å². The predicted molar refractivity (Wildman–Crippen MR) is 81.9 cm³/mol. The Morgan fingerprint density at radius 1 is 1.35 bits per heavy atom. The number of hydrogen-bond acceptors (Lipinski definition) is 3. The maximum atomic E-state index is 13.2. The summed E-state index contributed by atoms with van der Waals surface area (Å²) in [6.45, 7) is 3.75. The van der Waals surface area contributed by atoms with Crippen molar-refractivity contribution >= 4 is 12.0 Å². The van der Waals surface area contributed by atoms with E-state index < -0.39 is 12.0 Å². The summed E-state index contributed by atoms with van der Waals surface area (Å²) in [5.74, 6) is -0.821. The first-order chi connectivity index (χ1) is 11.0. The van der Waals surface area contributed by atoms with Crippen LogP contribution in [0.2, 0.25) is 0 Å². The molecule has 0 aromatic heterocycles. The first-order valence-corrected chi connectivity index (χ1v) is 7.76. The molecule has 0 radical (unpaired) electrons. The molecule has 1 aliphatic heterocycles. The van der Waals surface area contributed by atoms with Crippen molar-refractivity contribution in [1.29, 1.82) is 0 Å². The molecule has 1 aromatic rings. The molecule has 0 bridgehead atoms. The zero-order valence-electron chi connectivity index (χ0n) is 13.1. The summed E-state index contributed by atoms with van der Waals surface area (Å²) in [4.78, 5) is 26.5. The minimum atomic E-state index is -0.628. The first-order valence-electron chi connectivity index (χ1n) is 7.76. The fourth-order valence-electron chi connectivity index (χ4n) is 2.91. The lowest BCUT2D eigenvalue weighted by molar-refractivity contribution is -0.139. The van der Waals surface area contributed by atoms with Crippen LogP contribution in [0, 0.1) is 5.82 Å². The van der Waals surface area contributed by atoms with Crippen LogP contribution in [0.4, 0.5) is 9.18 Å². The molecule has 122 valence electrons. The van der Waals surface area contributed by atoms with Gasteiger partial charge in [0.2, 0.25) is 0 Å². The summed E-state index contributed by atoms with van der Waals surface area (Å²) >= 11 is 0. The number of ether oxygens (including phenoxy) is 1. The van der Waals surface area contributed by atoms with Crippen LogP contribution in [-0.4, -0.2) is 29.5 Å². The summed E-state index contributed by atoms with van der Waals surface area (Å²) in [5, 5.41) is 2.85. The standard InChI is InChI=1S/C17H19FN2O3/c1-3-23-16(21)14-10(2)20(13-8-9-13)17(22)19-15(14)11-4-6-12(18)7-5-11/h4-7,13,15H,3,8-9H2,1-2H3,(H,19,22)/t15-/m0/s1. The Morgan fingerprint density at radius 2 is 2.00 bits per heavy atom. The predicted octanol–water partition coefficient (Wildman–Crippen LogP) is 2.89. The van der Waals surface area contributed by atoms with Crippen LogP contribution < -0.4 is 5.32 Å². The van der Waals surface area contributed by atoms with Gasteiger partial charge in [-0.2, -0.15) is 0 Å². The second kappa shape index (κ2) is 6.02. The molecule has 6 heteroatoms. The van der Waals surface area contributed by atoms with Crippen LogP contribution in [0.25, 0.3) is 0 Å². The number of urea groups is 1. The van der Waals surface area contributed by atoms with Gasteiger partial charge in [0.1, 0.15) is 5.82 Å². The SMILES string of the molecule is CCOC(=O)C1=C(C)N(C2CC2)C(=O)N[C@H]1c1ccc(F)cc1. The molecule has 1 atom stereocenters. The maximum absolute atomic E-state index is 13.2. The molecule has 5 nitrogen and oxygen atoms in total. The molecule has 1 fully saturated rings. The molecule has 1 heterocycles. The van der Waals surface area contributed by atoms with Crippen molar-refractivity contribution in [2.24, 2.45) is 0 Å². The number of halogens is 1. The number of carbonyl (C=O) groups excluding carboxylic acids is 2. The highest BCUT2D eigenvalue weighted by Gasteiger charge is 2.42. The van der Waals surface area contributed by atoms with Crippen LogP contribution in [0.1, 0.15) is 38.3 Å². The van der Waals surface area contributed by atoms with E-state index in [-0.39, 0.29) is 24.5 Å². The molecule has 3 rings (SSSR count). The van der Waals surface area contributed by atoms with E-state index >= 15 is 0 Å². The minimum Gasteiger partial charge on any atom is -0.463 e. The molecular weight excluding hydrogens is 299 g/mol. The Balaban J connectivity index is 2.04. The van der Waals surface area contributed by atoms with Gasteiger partial charge in [0, 0.05) is 11.7 Å². The van der Waals surface area contributed by atoms with Crippen LogP contribution in [-0.2, 0) is 9.53 Å². The number of esters is 1. The van der Waals surface area contributed by atoms with E-state index in [9.17, 15) is 14.0 Å². The number of nitrogens with one attached hydrogen (secondary N) is 1. The van der Waals surface area contributed by atoms with E-state index in [1.54, 1.807) is 30.9 Å². The molecule has 23 heavy (non-hydrogen) atoms. The summed E-state index contributed by atoms with van der Waals surface area (Å²) in [7, 11) is 0. The number of allylic oxidation sites excluding steroid dienone is 1. The number of nitrogens with zero attached hydrogens (tertiary/aromatic N) is 1. The van der Waals surface area contributed by atoms with Crippen molar-refractivity contribution < 1.29 is 18.7 Å². The van der Waals surface area contributed by atoms with Gasteiger partial charge >= 0.3 is 12.0 Å². The van der Waals surface area contributed by atoms with Gasteiger partial charge < -0.3 is 10.1 Å². The van der Waals surface area contributed by atoms with Gasteiger partial charge in [-0.15, -0.1) is 0 Å². The molecule has 1 aliphatic carbocycles. The fourth-order valence-corrected chi connectivity index (χ4v) is 2.91. The highest BCUT2D eigenvalue weighted by atomic mass is 19.1. The van der Waals surface area contributed by atoms with Crippen molar-refractivity contribution in [3.05, 3.63) is 46.9 Å². The number of hydrogen-bond donors (Lipinski definition) is 1. The van der Waals surface area contributed by atoms with E-state index in [0.29, 0.717) is 16.8 Å². The van der Waals surface area contributed by atoms with E-state index in [2.05, 4.69) is 5.32 Å². The molecule has 1 aromatic carbocycles. The van der Waals surface area contributed by atoms with Crippen LogP contribution in [0.3, 0.4) is 0 Å². The van der Waals surface area contributed by atoms with Crippen LogP contribution in [0.5, 0.6) is 0 Å². The normalized spacial score (nSPS) is 21.3. The Bertz CT molecular complexity index is 665. The van der Waals surface area contributed by atoms with Gasteiger partial charge in [0.05, 0.1) is 18.2 Å². The van der Waals surface area contributed by atoms with E-state index in [0.717, 1.165) is 12.8 Å². The molecule has 1 N–H and O–H groups in total. The third-order valence-corrected chi connectivity index (χ3v) is 4.14. The van der Waals surface area contributed by atoms with Crippen molar-refractivity contribution in [1.82, 2.24) is 10.2 Å².